The smallest absolute Gasteiger partial charge is 0.128 e. The Kier molecular flexibility index (Phi) is 4.40. The van der Waals surface area contributed by atoms with Crippen molar-refractivity contribution >= 4 is 5.69 Å². The van der Waals surface area contributed by atoms with Crippen molar-refractivity contribution in [2.75, 3.05) is 11.9 Å². The van der Waals surface area contributed by atoms with E-state index >= 15 is 0 Å². The quantitative estimate of drug-likeness (QED) is 0.917. The third kappa shape index (κ3) is 2.83. The van der Waals surface area contributed by atoms with E-state index in [4.69, 9.17) is 5.73 Å². The molecule has 3 heteroatoms. The molecule has 0 aromatic heterocycles. The van der Waals surface area contributed by atoms with Gasteiger partial charge >= 0.3 is 0 Å². The Morgan fingerprint density at radius 3 is 2.55 bits per heavy atom. The highest BCUT2D eigenvalue weighted by Gasteiger charge is 2.17. The van der Waals surface area contributed by atoms with Crippen LogP contribution in [0.25, 0.3) is 0 Å². The molecular formula is C17H21FN2. The van der Waals surface area contributed by atoms with Crippen molar-refractivity contribution in [1.29, 1.82) is 0 Å². The molecule has 0 fully saturated rings. The zero-order valence-electron chi connectivity index (χ0n) is 12.2. The molecule has 0 heterocycles. The largest absolute Gasteiger partial charge is 0.367 e. The molecule has 0 aliphatic carbocycles. The van der Waals surface area contributed by atoms with Crippen LogP contribution < -0.4 is 10.6 Å². The summed E-state index contributed by atoms with van der Waals surface area (Å²) >= 11 is 0. The van der Waals surface area contributed by atoms with Crippen LogP contribution in [0, 0.1) is 12.7 Å². The van der Waals surface area contributed by atoms with Gasteiger partial charge in [0, 0.05) is 24.8 Å². The first-order chi connectivity index (χ1) is 9.54. The van der Waals surface area contributed by atoms with Crippen LogP contribution in [0.4, 0.5) is 10.1 Å². The first-order valence-electron chi connectivity index (χ1n) is 6.81. The van der Waals surface area contributed by atoms with Gasteiger partial charge in [-0.05, 0) is 31.5 Å². The van der Waals surface area contributed by atoms with Gasteiger partial charge in [-0.3, -0.25) is 0 Å². The Bertz CT molecular complexity index is 595. The van der Waals surface area contributed by atoms with Crippen molar-refractivity contribution < 1.29 is 4.39 Å². The van der Waals surface area contributed by atoms with Gasteiger partial charge in [0.2, 0.25) is 0 Å². The van der Waals surface area contributed by atoms with E-state index in [1.54, 1.807) is 6.07 Å². The first kappa shape index (κ1) is 14.5. The van der Waals surface area contributed by atoms with Gasteiger partial charge in [0.25, 0.3) is 0 Å². The third-order valence-electron chi connectivity index (χ3n) is 3.77. The first-order valence-corrected chi connectivity index (χ1v) is 6.81. The Morgan fingerprint density at radius 2 is 1.90 bits per heavy atom. The van der Waals surface area contributed by atoms with Crippen molar-refractivity contribution in [2.24, 2.45) is 5.73 Å². The lowest BCUT2D eigenvalue weighted by atomic mass is 10.0. The van der Waals surface area contributed by atoms with Gasteiger partial charge in [-0.15, -0.1) is 0 Å². The number of aryl methyl sites for hydroxylation is 1. The lowest BCUT2D eigenvalue weighted by Crippen LogP contribution is -2.24. The summed E-state index contributed by atoms with van der Waals surface area (Å²) in [6, 6.07) is 13.0. The molecule has 106 valence electrons. The molecule has 2 rings (SSSR count). The Balaban J connectivity index is 2.36. The summed E-state index contributed by atoms with van der Waals surface area (Å²) in [6.45, 7) is 4.52. The molecular weight excluding hydrogens is 251 g/mol. The number of hydrogen-bond donors (Lipinski definition) is 1. The lowest BCUT2D eigenvalue weighted by Gasteiger charge is -2.29. The number of benzene rings is 2. The molecule has 0 saturated carbocycles. The molecule has 0 amide bonds. The molecule has 1 unspecified atom stereocenters. The highest BCUT2D eigenvalue weighted by atomic mass is 19.1. The summed E-state index contributed by atoms with van der Waals surface area (Å²) in [5, 5.41) is 0. The predicted octanol–water partition coefficient (Wildman–Crippen LogP) is 3.79. The van der Waals surface area contributed by atoms with Crippen LogP contribution in [0.1, 0.15) is 29.7 Å². The summed E-state index contributed by atoms with van der Waals surface area (Å²) < 4.78 is 13.9. The molecule has 2 N–H and O–H groups in total. The average molecular weight is 272 g/mol. The van der Waals surface area contributed by atoms with Crippen molar-refractivity contribution in [2.45, 2.75) is 26.4 Å². The van der Waals surface area contributed by atoms with Crippen molar-refractivity contribution in [1.82, 2.24) is 0 Å². The monoisotopic (exact) mass is 272 g/mol. The van der Waals surface area contributed by atoms with Crippen LogP contribution in [0.5, 0.6) is 0 Å². The van der Waals surface area contributed by atoms with E-state index in [-0.39, 0.29) is 11.9 Å². The molecule has 0 radical (unpaired) electrons. The minimum atomic E-state index is -0.173. The summed E-state index contributed by atoms with van der Waals surface area (Å²) in [7, 11) is 1.97. The number of nitrogens with zero attached hydrogens (tertiary/aromatic N) is 1. The van der Waals surface area contributed by atoms with Crippen molar-refractivity contribution in [3.63, 3.8) is 0 Å². The summed E-state index contributed by atoms with van der Waals surface area (Å²) in [5.41, 5.74) is 9.83. The van der Waals surface area contributed by atoms with E-state index < -0.39 is 0 Å². The molecule has 2 aromatic rings. The zero-order valence-corrected chi connectivity index (χ0v) is 12.2. The minimum absolute atomic E-state index is 0.0517. The van der Waals surface area contributed by atoms with Crippen LogP contribution in [0.15, 0.2) is 42.5 Å². The second kappa shape index (κ2) is 6.06. The third-order valence-corrected chi connectivity index (χ3v) is 3.77. The van der Waals surface area contributed by atoms with E-state index in [2.05, 4.69) is 23.1 Å². The van der Waals surface area contributed by atoms with E-state index in [9.17, 15) is 4.39 Å². The Morgan fingerprint density at radius 1 is 1.20 bits per heavy atom. The second-order valence-electron chi connectivity index (χ2n) is 5.14. The van der Waals surface area contributed by atoms with E-state index in [1.807, 2.05) is 33.0 Å². The van der Waals surface area contributed by atoms with Gasteiger partial charge in [-0.2, -0.15) is 0 Å². The fourth-order valence-corrected chi connectivity index (χ4v) is 2.45. The molecule has 0 bridgehead atoms. The molecule has 20 heavy (non-hydrogen) atoms. The lowest BCUT2D eigenvalue weighted by molar-refractivity contribution is 0.585. The average Bonchev–Trinajstić information content (AvgIpc) is 2.46. The van der Waals surface area contributed by atoms with Gasteiger partial charge in [0.1, 0.15) is 5.82 Å². The summed E-state index contributed by atoms with van der Waals surface area (Å²) in [6.07, 6.45) is 0. The van der Waals surface area contributed by atoms with Crippen molar-refractivity contribution in [3.8, 4) is 0 Å². The number of anilines is 1. The summed E-state index contributed by atoms with van der Waals surface area (Å²) in [5.74, 6) is -0.173. The van der Waals surface area contributed by atoms with E-state index in [0.717, 1.165) is 11.3 Å². The fraction of sp³-hybridized carbons (Fsp3) is 0.294. The predicted molar refractivity (Wildman–Crippen MR) is 82.3 cm³/mol. The molecule has 2 nitrogen and oxygen atoms in total. The second-order valence-corrected chi connectivity index (χ2v) is 5.14. The maximum absolute atomic E-state index is 13.9. The number of halogens is 1. The maximum Gasteiger partial charge on any atom is 0.128 e. The van der Waals surface area contributed by atoms with E-state index in [0.29, 0.717) is 12.1 Å². The summed E-state index contributed by atoms with van der Waals surface area (Å²) in [4.78, 5) is 2.07. The number of nitrogens with two attached hydrogens (primary N) is 1. The van der Waals surface area contributed by atoms with Gasteiger partial charge in [0.05, 0.1) is 6.04 Å². The molecule has 1 atom stereocenters. The van der Waals surface area contributed by atoms with Crippen molar-refractivity contribution in [3.05, 3.63) is 65.0 Å². The maximum atomic E-state index is 13.9. The normalized spacial score (nSPS) is 12.2. The topological polar surface area (TPSA) is 29.3 Å². The van der Waals surface area contributed by atoms with Crippen LogP contribution >= 0.6 is 0 Å². The number of hydrogen-bond acceptors (Lipinski definition) is 2. The zero-order chi connectivity index (χ0) is 14.7. The SMILES string of the molecule is Cc1ccc(N(C)C(C)c2ccccc2F)c(CN)c1. The molecule has 2 aromatic carbocycles. The fourth-order valence-electron chi connectivity index (χ4n) is 2.45. The minimum Gasteiger partial charge on any atom is -0.367 e. The van der Waals surface area contributed by atoms with E-state index in [1.165, 1.54) is 11.6 Å². The van der Waals surface area contributed by atoms with Gasteiger partial charge < -0.3 is 10.6 Å². The molecule has 0 saturated heterocycles. The highest BCUT2D eigenvalue weighted by molar-refractivity contribution is 5.56. The van der Waals surface area contributed by atoms with Crippen LogP contribution in [0.2, 0.25) is 0 Å². The Labute approximate surface area is 120 Å². The van der Waals surface area contributed by atoms with Gasteiger partial charge in [-0.1, -0.05) is 35.9 Å². The van der Waals surface area contributed by atoms with Gasteiger partial charge in [-0.25, -0.2) is 4.39 Å². The van der Waals surface area contributed by atoms with Gasteiger partial charge in [0.15, 0.2) is 0 Å². The molecule has 0 spiro atoms. The molecule has 0 aliphatic heterocycles. The van der Waals surface area contributed by atoms with Crippen LogP contribution in [0.3, 0.4) is 0 Å². The molecule has 0 aliphatic rings. The van der Waals surface area contributed by atoms with Crippen LogP contribution in [-0.4, -0.2) is 7.05 Å². The number of rotatable bonds is 4. The Hall–Kier alpha value is -1.87. The van der Waals surface area contributed by atoms with Crippen LogP contribution in [-0.2, 0) is 6.54 Å². The standard InChI is InChI=1S/C17H21FN2/c1-12-8-9-17(14(10-12)11-19)20(3)13(2)15-6-4-5-7-16(15)18/h4-10,13H,11,19H2,1-3H3. The highest BCUT2D eigenvalue weighted by Crippen LogP contribution is 2.29.